The number of aliphatic hydroxyl groups excluding tert-OH is 1. The lowest BCUT2D eigenvalue weighted by Crippen LogP contribution is -2.44. The van der Waals surface area contributed by atoms with Gasteiger partial charge in [-0.1, -0.05) is 0 Å². The van der Waals surface area contributed by atoms with Crippen LogP contribution in [0.25, 0.3) is 0 Å². The molecule has 7 nitrogen and oxygen atoms in total. The van der Waals surface area contributed by atoms with Crippen LogP contribution in [0.15, 0.2) is 15.8 Å². The van der Waals surface area contributed by atoms with Gasteiger partial charge in [0.1, 0.15) is 6.17 Å². The summed E-state index contributed by atoms with van der Waals surface area (Å²) in [4.78, 5) is 38.6. The predicted octanol–water partition coefficient (Wildman–Crippen LogP) is -0.653. The highest BCUT2D eigenvalue weighted by atomic mass is 16.3. The maximum atomic E-state index is 11.8. The van der Waals surface area contributed by atoms with Gasteiger partial charge in [0, 0.05) is 18.7 Å². The molecule has 2 heterocycles. The lowest BCUT2D eigenvalue weighted by Gasteiger charge is -2.29. The van der Waals surface area contributed by atoms with Crippen LogP contribution in [0.1, 0.15) is 31.5 Å². The van der Waals surface area contributed by atoms with Crippen LogP contribution in [0, 0.1) is 6.92 Å². The Morgan fingerprint density at radius 2 is 2.16 bits per heavy atom. The van der Waals surface area contributed by atoms with Gasteiger partial charge in [-0.2, -0.15) is 0 Å². The second-order valence-electron chi connectivity index (χ2n) is 4.80. The van der Waals surface area contributed by atoms with Gasteiger partial charge in [0.25, 0.3) is 5.56 Å². The minimum atomic E-state index is -0.537. The number of hydrogen-bond acceptors (Lipinski definition) is 4. The topological polar surface area (TPSA) is 95.4 Å². The molecule has 2 N–H and O–H groups in total. The number of amides is 1. The molecule has 1 amide bonds. The first-order valence-corrected chi connectivity index (χ1v) is 6.17. The van der Waals surface area contributed by atoms with Gasteiger partial charge >= 0.3 is 5.69 Å². The SMILES string of the molecule is CC(=O)N1[C@@H](CO)CC[C@H]1n1cc(C)c(=O)[nH]c1=O. The van der Waals surface area contributed by atoms with Crippen LogP contribution >= 0.6 is 0 Å². The van der Waals surface area contributed by atoms with Crippen LogP contribution < -0.4 is 11.2 Å². The van der Waals surface area contributed by atoms with E-state index in [9.17, 15) is 19.5 Å². The number of aryl methyl sites for hydroxylation is 1. The van der Waals surface area contributed by atoms with Crippen LogP contribution in [0.4, 0.5) is 0 Å². The Hall–Kier alpha value is -1.89. The molecule has 1 aliphatic rings. The van der Waals surface area contributed by atoms with E-state index in [1.165, 1.54) is 22.6 Å². The number of carbonyl (C=O) groups is 1. The highest BCUT2D eigenvalue weighted by Crippen LogP contribution is 2.30. The molecule has 2 atom stereocenters. The smallest absolute Gasteiger partial charge is 0.330 e. The molecule has 104 valence electrons. The summed E-state index contributed by atoms with van der Waals surface area (Å²) in [6, 6.07) is -0.276. The van der Waals surface area contributed by atoms with Crippen molar-refractivity contribution in [2.45, 2.75) is 38.9 Å². The first-order chi connectivity index (χ1) is 8.95. The Labute approximate surface area is 109 Å². The number of aliphatic hydroxyl groups is 1. The van der Waals surface area contributed by atoms with E-state index in [4.69, 9.17) is 0 Å². The molecule has 0 unspecified atom stereocenters. The van der Waals surface area contributed by atoms with Crippen molar-refractivity contribution in [3.63, 3.8) is 0 Å². The van der Waals surface area contributed by atoms with E-state index in [0.717, 1.165) is 0 Å². The standard InChI is InChI=1S/C12H17N3O4/c1-7-5-14(12(19)13-11(7)18)10-4-3-9(6-16)15(10)8(2)17/h5,9-10,16H,3-4,6H2,1-2H3,(H,13,18,19)/t9-,10+/m1/s1. The summed E-state index contributed by atoms with van der Waals surface area (Å²) in [5.41, 5.74) is -0.548. The fourth-order valence-electron chi connectivity index (χ4n) is 2.59. The molecule has 1 aromatic rings. The number of aromatic amines is 1. The summed E-state index contributed by atoms with van der Waals surface area (Å²) < 4.78 is 1.35. The number of carbonyl (C=O) groups excluding carboxylic acids is 1. The van der Waals surface area contributed by atoms with Crippen molar-refractivity contribution >= 4 is 5.91 Å². The van der Waals surface area contributed by atoms with Gasteiger partial charge < -0.3 is 10.0 Å². The van der Waals surface area contributed by atoms with Crippen LogP contribution in [-0.2, 0) is 4.79 Å². The normalized spacial score (nSPS) is 22.8. The van der Waals surface area contributed by atoms with E-state index in [1.54, 1.807) is 6.92 Å². The zero-order valence-electron chi connectivity index (χ0n) is 10.9. The molecule has 0 aromatic carbocycles. The third kappa shape index (κ3) is 2.33. The fourth-order valence-corrected chi connectivity index (χ4v) is 2.59. The number of aromatic nitrogens is 2. The van der Waals surface area contributed by atoms with E-state index < -0.39 is 17.4 Å². The van der Waals surface area contributed by atoms with E-state index in [0.29, 0.717) is 18.4 Å². The molecule has 1 saturated heterocycles. The molecule has 1 aromatic heterocycles. The molecule has 19 heavy (non-hydrogen) atoms. The second-order valence-corrected chi connectivity index (χ2v) is 4.80. The number of likely N-dealkylation sites (tertiary alicyclic amines) is 1. The summed E-state index contributed by atoms with van der Waals surface area (Å²) in [6.45, 7) is 2.88. The van der Waals surface area contributed by atoms with Gasteiger partial charge in [-0.15, -0.1) is 0 Å². The lowest BCUT2D eigenvalue weighted by molar-refractivity contribution is -0.134. The monoisotopic (exact) mass is 267 g/mol. The highest BCUT2D eigenvalue weighted by molar-refractivity contribution is 5.74. The molecule has 0 saturated carbocycles. The lowest BCUT2D eigenvalue weighted by atomic mass is 10.2. The summed E-state index contributed by atoms with van der Waals surface area (Å²) >= 11 is 0. The van der Waals surface area contributed by atoms with Gasteiger partial charge in [0.2, 0.25) is 5.91 Å². The Morgan fingerprint density at radius 3 is 2.74 bits per heavy atom. The van der Waals surface area contributed by atoms with Crippen molar-refractivity contribution in [1.82, 2.24) is 14.5 Å². The Morgan fingerprint density at radius 1 is 1.47 bits per heavy atom. The van der Waals surface area contributed by atoms with Gasteiger partial charge in [0.15, 0.2) is 0 Å². The van der Waals surface area contributed by atoms with Gasteiger partial charge in [-0.3, -0.25) is 19.1 Å². The number of H-pyrrole nitrogens is 1. The van der Waals surface area contributed by atoms with Crippen LogP contribution in [0.3, 0.4) is 0 Å². The highest BCUT2D eigenvalue weighted by Gasteiger charge is 2.36. The first-order valence-electron chi connectivity index (χ1n) is 6.17. The van der Waals surface area contributed by atoms with Crippen LogP contribution in [0.2, 0.25) is 0 Å². The Bertz CT molecular complexity index is 604. The average Bonchev–Trinajstić information content (AvgIpc) is 2.77. The van der Waals surface area contributed by atoms with Crippen LogP contribution in [0.5, 0.6) is 0 Å². The van der Waals surface area contributed by atoms with Gasteiger partial charge in [0.05, 0.1) is 12.6 Å². The largest absolute Gasteiger partial charge is 0.394 e. The molecule has 0 bridgehead atoms. The summed E-state index contributed by atoms with van der Waals surface area (Å²) in [6.07, 6.45) is 2.22. The van der Waals surface area contributed by atoms with Crippen molar-refractivity contribution in [2.75, 3.05) is 6.61 Å². The zero-order chi connectivity index (χ0) is 14.2. The van der Waals surface area contributed by atoms with E-state index in [2.05, 4.69) is 4.98 Å². The quantitative estimate of drug-likeness (QED) is 0.744. The van der Waals surface area contributed by atoms with Gasteiger partial charge in [-0.25, -0.2) is 4.79 Å². The van der Waals surface area contributed by atoms with Crippen molar-refractivity contribution in [3.05, 3.63) is 32.6 Å². The van der Waals surface area contributed by atoms with E-state index in [-0.39, 0.29) is 18.6 Å². The fraction of sp³-hybridized carbons (Fsp3) is 0.583. The molecular formula is C12H17N3O4. The van der Waals surface area contributed by atoms with Crippen molar-refractivity contribution in [1.29, 1.82) is 0 Å². The van der Waals surface area contributed by atoms with Gasteiger partial charge in [-0.05, 0) is 19.8 Å². The maximum Gasteiger partial charge on any atom is 0.330 e. The Kier molecular flexibility index (Phi) is 3.57. The summed E-state index contributed by atoms with van der Waals surface area (Å²) in [7, 11) is 0. The van der Waals surface area contributed by atoms with Crippen molar-refractivity contribution < 1.29 is 9.90 Å². The van der Waals surface area contributed by atoms with Crippen LogP contribution in [-0.4, -0.2) is 38.1 Å². The minimum absolute atomic E-state index is 0.132. The molecule has 1 aliphatic heterocycles. The average molecular weight is 267 g/mol. The molecule has 0 spiro atoms. The van der Waals surface area contributed by atoms with Crippen molar-refractivity contribution in [3.8, 4) is 0 Å². The number of nitrogens with one attached hydrogen (secondary N) is 1. The van der Waals surface area contributed by atoms with Crippen molar-refractivity contribution in [2.24, 2.45) is 0 Å². The number of nitrogens with zero attached hydrogens (tertiary/aromatic N) is 2. The predicted molar refractivity (Wildman–Crippen MR) is 67.7 cm³/mol. The molecule has 0 radical (unpaired) electrons. The Balaban J connectivity index is 2.47. The maximum absolute atomic E-state index is 11.8. The summed E-state index contributed by atoms with van der Waals surface area (Å²) in [5.74, 6) is -0.197. The second kappa shape index (κ2) is 5.00. The van der Waals surface area contributed by atoms with E-state index in [1.807, 2.05) is 0 Å². The number of hydrogen-bond donors (Lipinski definition) is 2. The third-order valence-corrected chi connectivity index (χ3v) is 3.51. The molecule has 1 fully saturated rings. The number of rotatable bonds is 2. The molecule has 7 heteroatoms. The summed E-state index contributed by atoms with van der Waals surface area (Å²) in [5, 5.41) is 9.28. The molecular weight excluding hydrogens is 250 g/mol. The first kappa shape index (κ1) is 13.5. The zero-order valence-corrected chi connectivity index (χ0v) is 10.9. The van der Waals surface area contributed by atoms with E-state index >= 15 is 0 Å². The molecule has 2 rings (SSSR count). The molecule has 0 aliphatic carbocycles. The third-order valence-electron chi connectivity index (χ3n) is 3.51. The minimum Gasteiger partial charge on any atom is -0.394 e.